The second-order valence-corrected chi connectivity index (χ2v) is 4.75. The van der Waals surface area contributed by atoms with Crippen LogP contribution in [0.15, 0.2) is 42.5 Å². The van der Waals surface area contributed by atoms with Crippen LogP contribution in [0.5, 0.6) is 0 Å². The molecule has 0 aliphatic carbocycles. The number of rotatable bonds is 4. The van der Waals surface area contributed by atoms with Crippen molar-refractivity contribution in [1.29, 1.82) is 0 Å². The lowest BCUT2D eigenvalue weighted by molar-refractivity contribution is -0.125. The largest absolute Gasteiger partial charge is 0.346 e. The summed E-state index contributed by atoms with van der Waals surface area (Å²) >= 11 is 0. The number of Topliss-reactive ketones (excluding diaryl/α,β-unsaturated/α-hetero) is 1. The van der Waals surface area contributed by atoms with Crippen LogP contribution in [0.3, 0.4) is 0 Å². The zero-order valence-corrected chi connectivity index (χ0v) is 11.1. The molecule has 3 heteroatoms. The predicted molar refractivity (Wildman–Crippen MR) is 75.9 cm³/mol. The molecule has 0 saturated carbocycles. The highest BCUT2D eigenvalue weighted by Crippen LogP contribution is 2.16. The smallest absolute Gasteiger partial charge is 0.217 e. The molecule has 98 valence electrons. The Hall–Kier alpha value is -2.16. The Kier molecular flexibility index (Phi) is 3.95. The van der Waals surface area contributed by atoms with Gasteiger partial charge < -0.3 is 5.32 Å². The Labute approximate surface area is 112 Å². The van der Waals surface area contributed by atoms with Crippen LogP contribution in [0, 0.1) is 0 Å². The monoisotopic (exact) mass is 255 g/mol. The number of nitrogens with one attached hydrogen (secondary N) is 1. The van der Waals surface area contributed by atoms with E-state index in [2.05, 4.69) is 17.4 Å². The molecule has 2 aromatic carbocycles. The number of amides is 1. The first-order valence-electron chi connectivity index (χ1n) is 6.31. The fraction of sp³-hybridized carbons (Fsp3) is 0.250. The zero-order valence-electron chi connectivity index (χ0n) is 11.1. The van der Waals surface area contributed by atoms with E-state index in [1.807, 2.05) is 30.3 Å². The minimum atomic E-state index is -0.446. The first kappa shape index (κ1) is 13.3. The molecule has 2 rings (SSSR count). The zero-order chi connectivity index (χ0) is 13.8. The first-order valence-corrected chi connectivity index (χ1v) is 6.31. The topological polar surface area (TPSA) is 46.2 Å². The summed E-state index contributed by atoms with van der Waals surface area (Å²) in [6.07, 6.45) is 0.528. The molecular formula is C16H17NO2. The number of hydrogen-bond acceptors (Lipinski definition) is 2. The van der Waals surface area contributed by atoms with Gasteiger partial charge in [0.2, 0.25) is 5.91 Å². The maximum absolute atomic E-state index is 11.5. The lowest BCUT2D eigenvalue weighted by Crippen LogP contribution is -2.40. The highest BCUT2D eigenvalue weighted by Gasteiger charge is 2.15. The molecule has 0 heterocycles. The van der Waals surface area contributed by atoms with Crippen LogP contribution >= 0.6 is 0 Å². The van der Waals surface area contributed by atoms with Crippen molar-refractivity contribution in [2.45, 2.75) is 26.3 Å². The normalized spacial score (nSPS) is 12.1. The molecule has 0 aromatic heterocycles. The lowest BCUT2D eigenvalue weighted by Gasteiger charge is -2.15. The van der Waals surface area contributed by atoms with Gasteiger partial charge in [0.15, 0.2) is 5.78 Å². The maximum atomic E-state index is 11.5. The van der Waals surface area contributed by atoms with Crippen LogP contribution in [0.2, 0.25) is 0 Å². The van der Waals surface area contributed by atoms with Crippen molar-refractivity contribution in [2.75, 3.05) is 0 Å². The van der Waals surface area contributed by atoms with Gasteiger partial charge in [0.05, 0.1) is 6.04 Å². The number of hydrogen-bond donors (Lipinski definition) is 1. The second-order valence-electron chi connectivity index (χ2n) is 4.75. The van der Waals surface area contributed by atoms with Gasteiger partial charge in [-0.2, -0.15) is 0 Å². The van der Waals surface area contributed by atoms with Crippen molar-refractivity contribution in [3.8, 4) is 0 Å². The van der Waals surface area contributed by atoms with Gasteiger partial charge in [-0.25, -0.2) is 0 Å². The summed E-state index contributed by atoms with van der Waals surface area (Å²) in [7, 11) is 0. The Morgan fingerprint density at radius 3 is 2.37 bits per heavy atom. The molecule has 1 amide bonds. The van der Waals surface area contributed by atoms with Gasteiger partial charge in [-0.1, -0.05) is 42.5 Å². The molecule has 1 N–H and O–H groups in total. The van der Waals surface area contributed by atoms with Crippen LogP contribution in [0.4, 0.5) is 0 Å². The van der Waals surface area contributed by atoms with Gasteiger partial charge in [0.1, 0.15) is 0 Å². The quantitative estimate of drug-likeness (QED) is 0.912. The maximum Gasteiger partial charge on any atom is 0.217 e. The third-order valence-electron chi connectivity index (χ3n) is 3.12. The van der Waals surface area contributed by atoms with Gasteiger partial charge in [0, 0.05) is 6.92 Å². The third kappa shape index (κ3) is 3.41. The molecule has 0 aliphatic rings. The van der Waals surface area contributed by atoms with Crippen LogP contribution in [-0.4, -0.2) is 17.7 Å². The molecule has 0 saturated heterocycles. The summed E-state index contributed by atoms with van der Waals surface area (Å²) < 4.78 is 0. The van der Waals surface area contributed by atoms with E-state index in [1.165, 1.54) is 19.2 Å². The summed E-state index contributed by atoms with van der Waals surface area (Å²) in [5.74, 6) is -0.204. The summed E-state index contributed by atoms with van der Waals surface area (Å²) in [6, 6.07) is 13.7. The summed E-state index contributed by atoms with van der Waals surface area (Å²) in [4.78, 5) is 22.6. The van der Waals surface area contributed by atoms with E-state index < -0.39 is 6.04 Å². The van der Waals surface area contributed by atoms with Gasteiger partial charge in [-0.3, -0.25) is 9.59 Å². The molecule has 1 unspecified atom stereocenters. The molecule has 0 bridgehead atoms. The number of benzene rings is 2. The van der Waals surface area contributed by atoms with Crippen LogP contribution in [0.1, 0.15) is 19.4 Å². The van der Waals surface area contributed by atoms with Crippen molar-refractivity contribution >= 4 is 22.5 Å². The molecule has 0 aliphatic heterocycles. The van der Waals surface area contributed by atoms with E-state index in [0.717, 1.165) is 10.9 Å². The molecule has 0 fully saturated rings. The Balaban J connectivity index is 2.23. The Bertz CT molecular complexity index is 619. The highest BCUT2D eigenvalue weighted by molar-refractivity contribution is 5.87. The summed E-state index contributed by atoms with van der Waals surface area (Å²) in [6.45, 7) is 2.93. The number of carbonyl (C=O) groups excluding carboxylic acids is 2. The Morgan fingerprint density at radius 1 is 1.05 bits per heavy atom. The average Bonchev–Trinajstić information content (AvgIpc) is 2.37. The van der Waals surface area contributed by atoms with Crippen molar-refractivity contribution < 1.29 is 9.59 Å². The molecule has 19 heavy (non-hydrogen) atoms. The molecule has 0 radical (unpaired) electrons. The number of ketones is 1. The van der Waals surface area contributed by atoms with Crippen LogP contribution < -0.4 is 5.32 Å². The fourth-order valence-electron chi connectivity index (χ4n) is 2.14. The van der Waals surface area contributed by atoms with Crippen molar-refractivity contribution in [3.05, 3.63) is 48.0 Å². The van der Waals surface area contributed by atoms with E-state index in [9.17, 15) is 9.59 Å². The van der Waals surface area contributed by atoms with Crippen LogP contribution in [0.25, 0.3) is 10.8 Å². The van der Waals surface area contributed by atoms with Gasteiger partial charge >= 0.3 is 0 Å². The molecule has 2 aromatic rings. The van der Waals surface area contributed by atoms with E-state index >= 15 is 0 Å². The minimum Gasteiger partial charge on any atom is -0.346 e. The highest BCUT2D eigenvalue weighted by atomic mass is 16.2. The Morgan fingerprint density at radius 2 is 1.74 bits per heavy atom. The second kappa shape index (κ2) is 5.65. The van der Waals surface area contributed by atoms with E-state index in [-0.39, 0.29) is 11.7 Å². The summed E-state index contributed by atoms with van der Waals surface area (Å²) in [5.41, 5.74) is 1.05. The first-order chi connectivity index (χ1) is 9.06. The van der Waals surface area contributed by atoms with Gasteiger partial charge in [-0.05, 0) is 29.7 Å². The number of fused-ring (bicyclic) bond motifs is 1. The third-order valence-corrected chi connectivity index (χ3v) is 3.12. The van der Waals surface area contributed by atoms with Crippen LogP contribution in [-0.2, 0) is 16.0 Å². The standard InChI is InChI=1S/C16H17NO2/c1-11(18)16(17-12(2)19)10-13-7-8-14-5-3-4-6-15(14)9-13/h3-9,16H,10H2,1-2H3,(H,17,19). The van der Waals surface area contributed by atoms with Crippen molar-refractivity contribution in [2.24, 2.45) is 0 Å². The van der Waals surface area contributed by atoms with Gasteiger partial charge in [-0.15, -0.1) is 0 Å². The van der Waals surface area contributed by atoms with Gasteiger partial charge in [0.25, 0.3) is 0 Å². The predicted octanol–water partition coefficient (Wildman–Crippen LogP) is 2.48. The van der Waals surface area contributed by atoms with E-state index in [1.54, 1.807) is 0 Å². The molecular weight excluding hydrogens is 238 g/mol. The fourth-order valence-corrected chi connectivity index (χ4v) is 2.14. The lowest BCUT2D eigenvalue weighted by atomic mass is 10.00. The SMILES string of the molecule is CC(=O)NC(Cc1ccc2ccccc2c1)C(C)=O. The molecule has 0 spiro atoms. The van der Waals surface area contributed by atoms with Crippen molar-refractivity contribution in [3.63, 3.8) is 0 Å². The molecule has 1 atom stereocenters. The van der Waals surface area contributed by atoms with E-state index in [0.29, 0.717) is 6.42 Å². The minimum absolute atomic E-state index is 0.0247. The van der Waals surface area contributed by atoms with Crippen molar-refractivity contribution in [1.82, 2.24) is 5.32 Å². The number of carbonyl (C=O) groups is 2. The van der Waals surface area contributed by atoms with E-state index in [4.69, 9.17) is 0 Å². The summed E-state index contributed by atoms with van der Waals surface area (Å²) in [5, 5.41) is 5.00. The molecule has 3 nitrogen and oxygen atoms in total. The average molecular weight is 255 g/mol.